The molecule has 5 aliphatic rings. The van der Waals surface area contributed by atoms with Gasteiger partial charge < -0.3 is 100 Å². The fourth-order valence-electron chi connectivity index (χ4n) is 11.9. The highest BCUT2D eigenvalue weighted by Crippen LogP contribution is 2.41. The van der Waals surface area contributed by atoms with Crippen LogP contribution in [0.2, 0.25) is 0 Å². The standard InChI is InChI=1S/C63H66N4O16S/c68-27-34-26-46(54(72)57(75)53(34)71)80-35-12-6-31(7-13-35)50-40-20-18-38(64-40)49(30-4-2-1-3-5-30)39-19-21-41(65-39)51(32-8-14-36(15-9-32)81-62-60(78)58(76)55(73)47(28-69)82-62)43-23-25-45(67-43)52(44-24-22-42(50)66-44)33-10-16-37(17-11-33)84-63-61(79)59(77)56(74)48(29-70)83-63/h1-21,23,25,34,46-48,53-79H,22,24,26-29H2/t34-,46-,47-,48-,53+,54-,55+,56+,57+,58+,59+,60+,61+,62+,63+/m1/s1. The van der Waals surface area contributed by atoms with Crippen LogP contribution in [0.15, 0.2) is 156 Å². The summed E-state index contributed by atoms with van der Waals surface area (Å²) in [5.41, 5.74) is 10.7. The van der Waals surface area contributed by atoms with Crippen molar-refractivity contribution in [3.8, 4) is 11.5 Å². The van der Waals surface area contributed by atoms with Crippen LogP contribution < -0.4 is 25.5 Å². The molecular weight excluding hydrogens is 1100 g/mol. The third-order valence-corrected chi connectivity index (χ3v) is 17.7. The van der Waals surface area contributed by atoms with Crippen molar-refractivity contribution in [2.75, 3.05) is 19.8 Å². The maximum absolute atomic E-state index is 10.9. The number of nitrogens with one attached hydrogen (secondary N) is 4. The van der Waals surface area contributed by atoms with E-state index in [0.29, 0.717) is 23.5 Å². The molecule has 0 spiro atoms. The lowest BCUT2D eigenvalue weighted by Crippen LogP contribution is -2.60. The molecular formula is C63H66N4O16S. The molecule has 4 aliphatic heterocycles. The molecule has 7 aromatic rings. The smallest absolute Gasteiger partial charge is 0.229 e. The monoisotopic (exact) mass is 1170 g/mol. The Hall–Kier alpha value is -6.87. The van der Waals surface area contributed by atoms with Gasteiger partial charge in [0.1, 0.15) is 84.1 Å². The molecule has 3 saturated heterocycles. The molecule has 4 aromatic carbocycles. The average molecular weight is 1170 g/mol. The van der Waals surface area contributed by atoms with Gasteiger partial charge in [-0.15, -0.1) is 0 Å². The molecule has 16 N–H and O–H groups in total. The molecule has 0 radical (unpaired) electrons. The Morgan fingerprint density at radius 3 is 1.42 bits per heavy atom. The first-order chi connectivity index (χ1) is 40.7. The van der Waals surface area contributed by atoms with Crippen LogP contribution in [-0.4, -0.2) is 181 Å². The fraction of sp³-hybridized carbons (Fsp3) is 0.333. The van der Waals surface area contributed by atoms with Gasteiger partial charge in [0.05, 0.1) is 19.3 Å². The molecule has 84 heavy (non-hydrogen) atoms. The van der Waals surface area contributed by atoms with E-state index in [1.54, 1.807) is 24.3 Å². The van der Waals surface area contributed by atoms with Crippen LogP contribution in [0, 0.1) is 5.92 Å². The second-order valence-electron chi connectivity index (χ2n) is 21.8. The molecule has 4 fully saturated rings. The number of aromatic amines is 3. The third-order valence-electron chi connectivity index (χ3n) is 16.5. The van der Waals surface area contributed by atoms with Crippen molar-refractivity contribution in [3.05, 3.63) is 207 Å². The average Bonchev–Trinajstić information content (AvgIpc) is 4.50. The van der Waals surface area contributed by atoms with Crippen LogP contribution in [0.4, 0.5) is 0 Å². The van der Waals surface area contributed by atoms with E-state index < -0.39 is 104 Å². The van der Waals surface area contributed by atoms with Crippen molar-refractivity contribution in [2.24, 2.45) is 5.92 Å². The van der Waals surface area contributed by atoms with E-state index >= 15 is 0 Å². The molecule has 20 nitrogen and oxygen atoms in total. The van der Waals surface area contributed by atoms with Gasteiger partial charge in [0.25, 0.3) is 0 Å². The number of ether oxygens (including phenoxy) is 4. The maximum Gasteiger partial charge on any atom is 0.229 e. The van der Waals surface area contributed by atoms with Gasteiger partial charge >= 0.3 is 0 Å². The van der Waals surface area contributed by atoms with Gasteiger partial charge in [0, 0.05) is 84.6 Å². The van der Waals surface area contributed by atoms with E-state index in [-0.39, 0.29) is 18.8 Å². The molecule has 12 rings (SSSR count). The van der Waals surface area contributed by atoms with Crippen LogP contribution in [-0.2, 0) is 9.47 Å². The number of aromatic nitrogens is 3. The Kier molecular flexibility index (Phi) is 16.6. The van der Waals surface area contributed by atoms with Gasteiger partial charge in [-0.2, -0.15) is 0 Å². The number of rotatable bonds is 13. The number of hydrogen-bond donors (Lipinski definition) is 16. The van der Waals surface area contributed by atoms with Gasteiger partial charge in [-0.05, 0) is 114 Å². The molecule has 1 aliphatic carbocycles. The minimum absolute atomic E-state index is 0.128. The number of aliphatic hydroxyl groups is 12. The SMILES string of the molecule is OC[C@H]1C[C@@H](Oc2ccc(C3=C4CCC(=C(c5ccc(S[C@@H]6O[C@H](CO)[C@H](O)[C@H](O)[C@@H]6O)cc5)c5ccc([nH]5)C(c5ccc(O[C@H]6O[C@H](CO)[C@H](O)[C@H](O)[C@@H]6O)cc5)=c5ccc([nH]5)=C(c5ccccc5)c5ccc3[nH]5)N4)cc2)[C@@H](O)[C@@H](O)[C@H]1O. The second-order valence-corrected chi connectivity index (χ2v) is 23.0. The number of allylic oxidation sites excluding steroid dienone is 2. The van der Waals surface area contributed by atoms with Crippen molar-refractivity contribution in [1.29, 1.82) is 0 Å². The number of fused-ring (bicyclic) bond motifs is 8. The summed E-state index contributed by atoms with van der Waals surface area (Å²) < 4.78 is 23.7. The molecule has 7 heterocycles. The summed E-state index contributed by atoms with van der Waals surface area (Å²) in [5, 5.41) is 131. The van der Waals surface area contributed by atoms with Crippen LogP contribution in [0.5, 0.6) is 11.5 Å². The first kappa shape index (κ1) is 57.6. The normalized spacial score (nSPS) is 29.9. The topological polar surface area (TPSA) is 339 Å². The Morgan fingerprint density at radius 2 is 0.881 bits per heavy atom. The quantitative estimate of drug-likeness (QED) is 0.0766. The highest BCUT2D eigenvalue weighted by atomic mass is 32.2. The van der Waals surface area contributed by atoms with Gasteiger partial charge in [0.2, 0.25) is 6.29 Å². The van der Waals surface area contributed by atoms with Crippen molar-refractivity contribution in [2.45, 2.75) is 109 Å². The summed E-state index contributed by atoms with van der Waals surface area (Å²) >= 11 is 1.15. The number of hydrogen-bond acceptors (Lipinski definition) is 18. The third kappa shape index (κ3) is 11.1. The largest absolute Gasteiger partial charge is 0.488 e. The molecule has 15 atom stereocenters. The van der Waals surface area contributed by atoms with E-state index in [1.807, 2.05) is 115 Å². The Labute approximate surface area is 485 Å². The van der Waals surface area contributed by atoms with Crippen molar-refractivity contribution >= 4 is 34.1 Å². The predicted molar refractivity (Wildman–Crippen MR) is 307 cm³/mol. The molecule has 0 amide bonds. The summed E-state index contributed by atoms with van der Waals surface area (Å²) in [6.07, 6.45) is -16.6. The number of H-pyrrole nitrogens is 3. The second kappa shape index (κ2) is 24.2. The van der Waals surface area contributed by atoms with E-state index in [1.165, 1.54) is 0 Å². The van der Waals surface area contributed by atoms with Gasteiger partial charge in [-0.25, -0.2) is 0 Å². The zero-order valence-electron chi connectivity index (χ0n) is 45.1. The molecule has 21 heteroatoms. The molecule has 440 valence electrons. The van der Waals surface area contributed by atoms with Crippen molar-refractivity contribution < 1.29 is 80.2 Å². The highest BCUT2D eigenvalue weighted by molar-refractivity contribution is 7.99. The number of thioether (sulfide) groups is 1. The van der Waals surface area contributed by atoms with E-state index in [2.05, 4.69) is 20.3 Å². The number of aliphatic hydroxyl groups excluding tert-OH is 12. The summed E-state index contributed by atoms with van der Waals surface area (Å²) in [6, 6.07) is 44.4. The first-order valence-corrected chi connectivity index (χ1v) is 28.8. The lowest BCUT2D eigenvalue weighted by molar-refractivity contribution is -0.277. The summed E-state index contributed by atoms with van der Waals surface area (Å²) in [6.45, 7) is -1.54. The van der Waals surface area contributed by atoms with Crippen molar-refractivity contribution in [1.82, 2.24) is 20.3 Å². The Bertz CT molecular complexity index is 3640. The molecule has 1 saturated carbocycles. The van der Waals surface area contributed by atoms with Crippen molar-refractivity contribution in [3.63, 3.8) is 0 Å². The lowest BCUT2D eigenvalue weighted by atomic mass is 9.81. The summed E-state index contributed by atoms with van der Waals surface area (Å²) in [4.78, 5) is 12.0. The van der Waals surface area contributed by atoms with Gasteiger partial charge in [-0.1, -0.05) is 78.5 Å². The van der Waals surface area contributed by atoms with E-state index in [9.17, 15) is 61.3 Å². The van der Waals surface area contributed by atoms with Crippen LogP contribution in [0.3, 0.4) is 0 Å². The van der Waals surface area contributed by atoms with Gasteiger partial charge in [0.15, 0.2) is 0 Å². The zero-order valence-corrected chi connectivity index (χ0v) is 45.9. The first-order valence-electron chi connectivity index (χ1n) is 27.9. The minimum Gasteiger partial charge on any atom is -0.488 e. The summed E-state index contributed by atoms with van der Waals surface area (Å²) in [7, 11) is 0. The highest BCUT2D eigenvalue weighted by Gasteiger charge is 2.46. The Balaban J connectivity index is 0.988. The van der Waals surface area contributed by atoms with E-state index in [0.717, 1.165) is 101 Å². The van der Waals surface area contributed by atoms with Crippen LogP contribution in [0.1, 0.15) is 64.3 Å². The van der Waals surface area contributed by atoms with Gasteiger partial charge in [-0.3, -0.25) is 0 Å². The molecule has 3 aromatic heterocycles. The van der Waals surface area contributed by atoms with Crippen LogP contribution in [0.25, 0.3) is 22.3 Å². The summed E-state index contributed by atoms with van der Waals surface area (Å²) in [5.74, 6) is 0.0258. The number of benzene rings is 4. The maximum atomic E-state index is 10.9. The lowest BCUT2D eigenvalue weighted by Gasteiger charge is -2.39. The minimum atomic E-state index is -1.62. The van der Waals surface area contributed by atoms with Crippen LogP contribution >= 0.6 is 11.8 Å². The predicted octanol–water partition coefficient (Wildman–Crippen LogP) is 0.994. The zero-order chi connectivity index (χ0) is 58.5. The molecule has 0 unspecified atom stereocenters. The van der Waals surface area contributed by atoms with E-state index in [4.69, 9.17) is 18.9 Å². The fourth-order valence-corrected chi connectivity index (χ4v) is 13.0. The molecule has 8 bridgehead atoms. The Morgan fingerprint density at radius 1 is 0.417 bits per heavy atom.